The predicted octanol–water partition coefficient (Wildman–Crippen LogP) is 2.83. The van der Waals surface area contributed by atoms with E-state index in [1.165, 1.54) is 16.3 Å². The minimum absolute atomic E-state index is 0.00680. The lowest BCUT2D eigenvalue weighted by Gasteiger charge is -2.32. The molecular weight excluding hydrogens is 388 g/mol. The highest BCUT2D eigenvalue weighted by Crippen LogP contribution is 2.16. The molecule has 1 aliphatic rings. The number of nitrogens with zero attached hydrogens (tertiary/aromatic N) is 3. The molecule has 29 heavy (non-hydrogen) atoms. The number of para-hydroxylation sites is 2. The number of nitrogens with one attached hydrogen (secondary N) is 1. The summed E-state index contributed by atoms with van der Waals surface area (Å²) in [7, 11) is 0. The number of halogens is 1. The van der Waals surface area contributed by atoms with Gasteiger partial charge in [-0.2, -0.15) is 0 Å². The van der Waals surface area contributed by atoms with Crippen molar-refractivity contribution < 1.29 is 4.79 Å². The maximum absolute atomic E-state index is 12.6. The SMILES string of the molecule is O=C(Cn1c(=O)cnc2ccccc21)NC1CCN(Cc2ccc(Cl)cc2)CC1. The third kappa shape index (κ3) is 4.83. The first-order valence-corrected chi connectivity index (χ1v) is 10.2. The Morgan fingerprint density at radius 1 is 1.10 bits per heavy atom. The van der Waals surface area contributed by atoms with Gasteiger partial charge in [-0.15, -0.1) is 0 Å². The Morgan fingerprint density at radius 3 is 2.59 bits per heavy atom. The molecule has 2 aromatic carbocycles. The van der Waals surface area contributed by atoms with Crippen LogP contribution in [0.3, 0.4) is 0 Å². The number of hydrogen-bond donors (Lipinski definition) is 1. The molecule has 0 unspecified atom stereocenters. The molecule has 7 heteroatoms. The molecular formula is C22H23ClN4O2. The van der Waals surface area contributed by atoms with E-state index in [1.54, 1.807) is 0 Å². The molecule has 0 spiro atoms. The van der Waals surface area contributed by atoms with E-state index in [9.17, 15) is 9.59 Å². The lowest BCUT2D eigenvalue weighted by molar-refractivity contribution is -0.122. The van der Waals surface area contributed by atoms with Crippen molar-refractivity contribution in [2.24, 2.45) is 0 Å². The van der Waals surface area contributed by atoms with Crippen LogP contribution in [0.5, 0.6) is 0 Å². The van der Waals surface area contributed by atoms with Crippen molar-refractivity contribution in [3.05, 3.63) is 75.7 Å². The fraction of sp³-hybridized carbons (Fsp3) is 0.318. The highest BCUT2D eigenvalue weighted by Gasteiger charge is 2.21. The lowest BCUT2D eigenvalue weighted by Crippen LogP contribution is -2.45. The second-order valence-electron chi connectivity index (χ2n) is 7.42. The molecule has 0 aliphatic carbocycles. The van der Waals surface area contributed by atoms with Crippen molar-refractivity contribution in [3.8, 4) is 0 Å². The third-order valence-electron chi connectivity index (χ3n) is 5.33. The predicted molar refractivity (Wildman–Crippen MR) is 114 cm³/mol. The Labute approximate surface area is 174 Å². The first-order chi connectivity index (χ1) is 14.1. The Morgan fingerprint density at radius 2 is 1.83 bits per heavy atom. The van der Waals surface area contributed by atoms with Gasteiger partial charge in [0.2, 0.25) is 5.91 Å². The summed E-state index contributed by atoms with van der Waals surface area (Å²) < 4.78 is 1.48. The van der Waals surface area contributed by atoms with Gasteiger partial charge in [-0.1, -0.05) is 35.9 Å². The minimum Gasteiger partial charge on any atom is -0.352 e. The highest BCUT2D eigenvalue weighted by molar-refractivity contribution is 6.30. The van der Waals surface area contributed by atoms with Gasteiger partial charge in [-0.25, -0.2) is 4.98 Å². The van der Waals surface area contributed by atoms with Gasteiger partial charge in [0.1, 0.15) is 6.54 Å². The van der Waals surface area contributed by atoms with Crippen LogP contribution in [0.2, 0.25) is 5.02 Å². The maximum Gasteiger partial charge on any atom is 0.269 e. The van der Waals surface area contributed by atoms with Crippen LogP contribution in [0.25, 0.3) is 11.0 Å². The van der Waals surface area contributed by atoms with Crippen LogP contribution in [-0.2, 0) is 17.9 Å². The molecule has 1 N–H and O–H groups in total. The normalized spacial score (nSPS) is 15.5. The number of carbonyl (C=O) groups excluding carboxylic acids is 1. The van der Waals surface area contributed by atoms with Crippen LogP contribution >= 0.6 is 11.6 Å². The van der Waals surface area contributed by atoms with Gasteiger partial charge in [-0.3, -0.25) is 19.1 Å². The summed E-state index contributed by atoms with van der Waals surface area (Å²) in [6.45, 7) is 2.74. The van der Waals surface area contributed by atoms with Crippen molar-refractivity contribution in [2.45, 2.75) is 32.0 Å². The number of fused-ring (bicyclic) bond motifs is 1. The van der Waals surface area contributed by atoms with E-state index in [4.69, 9.17) is 11.6 Å². The fourth-order valence-corrected chi connectivity index (χ4v) is 3.90. The summed E-state index contributed by atoms with van der Waals surface area (Å²) in [5, 5.41) is 3.83. The number of rotatable bonds is 5. The first-order valence-electron chi connectivity index (χ1n) is 9.79. The van der Waals surface area contributed by atoms with Crippen LogP contribution in [0.4, 0.5) is 0 Å². The van der Waals surface area contributed by atoms with Crippen molar-refractivity contribution in [1.29, 1.82) is 0 Å². The van der Waals surface area contributed by atoms with Crippen molar-refractivity contribution in [2.75, 3.05) is 13.1 Å². The first kappa shape index (κ1) is 19.6. The number of benzene rings is 2. The van der Waals surface area contributed by atoms with Crippen LogP contribution in [0, 0.1) is 0 Å². The third-order valence-corrected chi connectivity index (χ3v) is 5.58. The Hall–Kier alpha value is -2.70. The molecule has 0 radical (unpaired) electrons. The van der Waals surface area contributed by atoms with Gasteiger partial charge in [0, 0.05) is 30.7 Å². The summed E-state index contributed by atoms with van der Waals surface area (Å²) >= 11 is 5.94. The van der Waals surface area contributed by atoms with Gasteiger partial charge < -0.3 is 5.32 Å². The summed E-state index contributed by atoms with van der Waals surface area (Å²) in [5.41, 5.74) is 2.35. The Bertz CT molecular complexity index is 1060. The molecule has 1 saturated heterocycles. The maximum atomic E-state index is 12.6. The van der Waals surface area contributed by atoms with Gasteiger partial charge in [0.05, 0.1) is 17.2 Å². The molecule has 1 aromatic heterocycles. The van der Waals surface area contributed by atoms with E-state index in [2.05, 4.69) is 15.2 Å². The number of amides is 1. The number of carbonyl (C=O) groups is 1. The summed E-state index contributed by atoms with van der Waals surface area (Å²) in [6.07, 6.45) is 3.06. The molecule has 1 amide bonds. The number of likely N-dealkylation sites (tertiary alicyclic amines) is 1. The molecule has 2 heterocycles. The Kier molecular flexibility index (Phi) is 5.92. The van der Waals surface area contributed by atoms with E-state index in [1.807, 2.05) is 48.5 Å². The van der Waals surface area contributed by atoms with E-state index in [0.717, 1.165) is 37.5 Å². The zero-order chi connectivity index (χ0) is 20.2. The number of aromatic nitrogens is 2. The monoisotopic (exact) mass is 410 g/mol. The van der Waals surface area contributed by atoms with Gasteiger partial charge in [-0.05, 0) is 42.7 Å². The molecule has 0 bridgehead atoms. The van der Waals surface area contributed by atoms with Crippen molar-refractivity contribution in [3.63, 3.8) is 0 Å². The van der Waals surface area contributed by atoms with E-state index < -0.39 is 0 Å². The average Bonchev–Trinajstić information content (AvgIpc) is 2.73. The fourth-order valence-electron chi connectivity index (χ4n) is 3.78. The second-order valence-corrected chi connectivity index (χ2v) is 7.85. The quantitative estimate of drug-likeness (QED) is 0.702. The largest absolute Gasteiger partial charge is 0.352 e. The zero-order valence-electron chi connectivity index (χ0n) is 16.1. The summed E-state index contributed by atoms with van der Waals surface area (Å²) in [5.74, 6) is -0.139. The molecule has 1 aliphatic heterocycles. The Balaban J connectivity index is 1.32. The average molecular weight is 411 g/mol. The molecule has 150 valence electrons. The lowest BCUT2D eigenvalue weighted by atomic mass is 10.0. The highest BCUT2D eigenvalue weighted by atomic mass is 35.5. The van der Waals surface area contributed by atoms with Crippen LogP contribution in [0.1, 0.15) is 18.4 Å². The van der Waals surface area contributed by atoms with Crippen molar-refractivity contribution in [1.82, 2.24) is 19.8 Å². The van der Waals surface area contributed by atoms with Gasteiger partial charge in [0.25, 0.3) is 5.56 Å². The molecule has 3 aromatic rings. The van der Waals surface area contributed by atoms with Crippen LogP contribution in [0.15, 0.2) is 59.5 Å². The standard InChI is InChI=1S/C22H23ClN4O2/c23-17-7-5-16(6-8-17)14-26-11-9-18(10-12-26)25-21(28)15-27-20-4-2-1-3-19(20)24-13-22(27)29/h1-8,13,18H,9-12,14-15H2,(H,25,28). The van der Waals surface area contributed by atoms with E-state index in [0.29, 0.717) is 11.0 Å². The zero-order valence-corrected chi connectivity index (χ0v) is 16.8. The second kappa shape index (κ2) is 8.76. The molecule has 1 fully saturated rings. The molecule has 0 saturated carbocycles. The van der Waals surface area contributed by atoms with Gasteiger partial charge in [0.15, 0.2) is 0 Å². The number of piperidine rings is 1. The van der Waals surface area contributed by atoms with Crippen LogP contribution < -0.4 is 10.9 Å². The van der Waals surface area contributed by atoms with Crippen LogP contribution in [-0.4, -0.2) is 39.5 Å². The molecule has 4 rings (SSSR count). The topological polar surface area (TPSA) is 67.2 Å². The minimum atomic E-state index is -0.267. The number of hydrogen-bond acceptors (Lipinski definition) is 4. The summed E-state index contributed by atoms with van der Waals surface area (Å²) in [4.78, 5) is 31.3. The summed E-state index contributed by atoms with van der Waals surface area (Å²) in [6, 6.07) is 15.4. The van der Waals surface area contributed by atoms with Crippen molar-refractivity contribution >= 4 is 28.5 Å². The van der Waals surface area contributed by atoms with E-state index >= 15 is 0 Å². The van der Waals surface area contributed by atoms with E-state index in [-0.39, 0.29) is 24.1 Å². The smallest absolute Gasteiger partial charge is 0.269 e. The molecule has 6 nitrogen and oxygen atoms in total. The van der Waals surface area contributed by atoms with Gasteiger partial charge >= 0.3 is 0 Å². The molecule has 0 atom stereocenters.